The molecule has 2 rings (SSSR count). The van der Waals surface area contributed by atoms with Gasteiger partial charge in [-0.05, 0) is 24.1 Å². The molecule has 124 valence electrons. The summed E-state index contributed by atoms with van der Waals surface area (Å²) < 4.78 is 54.8. The molecular formula is C14H15F2N3O3S. The van der Waals surface area contributed by atoms with E-state index < -0.39 is 21.7 Å². The van der Waals surface area contributed by atoms with Gasteiger partial charge in [0, 0.05) is 6.54 Å². The Hall–Kier alpha value is -2.26. The van der Waals surface area contributed by atoms with Crippen LogP contribution < -0.4 is 15.2 Å². The molecule has 1 heterocycles. The first kappa shape index (κ1) is 17.1. The Morgan fingerprint density at radius 2 is 1.91 bits per heavy atom. The predicted molar refractivity (Wildman–Crippen MR) is 80.7 cm³/mol. The normalized spacial score (nSPS) is 11.3. The second kappa shape index (κ2) is 6.88. The number of nitrogens with one attached hydrogen (secondary N) is 1. The number of primary sulfonamides is 1. The summed E-state index contributed by atoms with van der Waals surface area (Å²) in [4.78, 5) is 3.24. The van der Waals surface area contributed by atoms with E-state index in [1.165, 1.54) is 19.2 Å². The standard InChI is InChI=1S/C14H15F2N3O3S/c1-22-12-3-2-9(6-13(12)23(17,20)21)4-5-19-14-10(15)7-18-8-11(14)16/h2-3,6-8H,4-5H2,1H3,(H,18,19)(H2,17,20,21). The number of aromatic nitrogens is 1. The van der Waals surface area contributed by atoms with Crippen molar-refractivity contribution in [1.29, 1.82) is 0 Å². The molecule has 0 aliphatic heterocycles. The smallest absolute Gasteiger partial charge is 0.241 e. The second-order valence-electron chi connectivity index (χ2n) is 4.69. The number of ether oxygens (including phenoxy) is 1. The zero-order valence-corrected chi connectivity index (χ0v) is 13.0. The van der Waals surface area contributed by atoms with Gasteiger partial charge in [-0.25, -0.2) is 22.3 Å². The molecule has 23 heavy (non-hydrogen) atoms. The molecule has 0 amide bonds. The van der Waals surface area contributed by atoms with Gasteiger partial charge in [0.05, 0.1) is 19.5 Å². The maximum Gasteiger partial charge on any atom is 0.241 e. The van der Waals surface area contributed by atoms with Crippen LogP contribution in [0.4, 0.5) is 14.5 Å². The fourth-order valence-electron chi connectivity index (χ4n) is 2.01. The highest BCUT2D eigenvalue weighted by molar-refractivity contribution is 7.89. The maximum atomic E-state index is 13.4. The Morgan fingerprint density at radius 1 is 1.26 bits per heavy atom. The summed E-state index contributed by atoms with van der Waals surface area (Å²) in [5.41, 5.74) is 0.345. The molecule has 0 aliphatic carbocycles. The average molecular weight is 343 g/mol. The fraction of sp³-hybridized carbons (Fsp3) is 0.214. The SMILES string of the molecule is COc1ccc(CCNc2c(F)cncc2F)cc1S(N)(=O)=O. The minimum absolute atomic E-state index is 0.135. The highest BCUT2D eigenvalue weighted by Gasteiger charge is 2.15. The molecule has 0 fully saturated rings. The number of sulfonamides is 1. The van der Waals surface area contributed by atoms with Crippen molar-refractivity contribution in [2.45, 2.75) is 11.3 Å². The summed E-state index contributed by atoms with van der Waals surface area (Å²) in [5, 5.41) is 7.75. The van der Waals surface area contributed by atoms with Crippen LogP contribution in [0.5, 0.6) is 5.75 Å². The third-order valence-electron chi connectivity index (χ3n) is 3.10. The summed E-state index contributed by atoms with van der Waals surface area (Å²) >= 11 is 0. The molecule has 1 aromatic heterocycles. The third-order valence-corrected chi connectivity index (χ3v) is 4.04. The molecule has 0 aliphatic rings. The van der Waals surface area contributed by atoms with Gasteiger partial charge in [-0.2, -0.15) is 0 Å². The lowest BCUT2D eigenvalue weighted by Gasteiger charge is -2.11. The first-order chi connectivity index (χ1) is 10.8. The molecule has 0 bridgehead atoms. The number of hydrogen-bond acceptors (Lipinski definition) is 5. The van der Waals surface area contributed by atoms with Crippen LogP contribution in [0.2, 0.25) is 0 Å². The van der Waals surface area contributed by atoms with E-state index in [1.807, 2.05) is 0 Å². The molecule has 0 saturated carbocycles. The second-order valence-corrected chi connectivity index (χ2v) is 6.21. The van der Waals surface area contributed by atoms with E-state index in [2.05, 4.69) is 10.3 Å². The number of rotatable bonds is 6. The number of anilines is 1. The van der Waals surface area contributed by atoms with Crippen molar-refractivity contribution in [3.8, 4) is 5.75 Å². The number of pyridine rings is 1. The number of hydrogen-bond donors (Lipinski definition) is 2. The zero-order chi connectivity index (χ0) is 17.0. The molecule has 1 aromatic carbocycles. The van der Waals surface area contributed by atoms with Gasteiger partial charge >= 0.3 is 0 Å². The van der Waals surface area contributed by atoms with Crippen LogP contribution in [0, 0.1) is 11.6 Å². The minimum Gasteiger partial charge on any atom is -0.495 e. The molecule has 0 atom stereocenters. The lowest BCUT2D eigenvalue weighted by Crippen LogP contribution is -2.14. The van der Waals surface area contributed by atoms with Crippen LogP contribution in [-0.2, 0) is 16.4 Å². The zero-order valence-electron chi connectivity index (χ0n) is 12.2. The molecule has 2 aromatic rings. The maximum absolute atomic E-state index is 13.4. The van der Waals surface area contributed by atoms with Crippen molar-refractivity contribution < 1.29 is 21.9 Å². The molecule has 3 N–H and O–H groups in total. The molecular weight excluding hydrogens is 328 g/mol. The lowest BCUT2D eigenvalue weighted by atomic mass is 10.1. The number of methoxy groups -OCH3 is 1. The van der Waals surface area contributed by atoms with Crippen molar-refractivity contribution in [3.05, 3.63) is 47.8 Å². The van der Waals surface area contributed by atoms with Crippen LogP contribution in [-0.4, -0.2) is 27.1 Å². The van der Waals surface area contributed by atoms with Crippen LogP contribution in [0.15, 0.2) is 35.5 Å². The highest BCUT2D eigenvalue weighted by atomic mass is 32.2. The summed E-state index contributed by atoms with van der Waals surface area (Å²) in [6.07, 6.45) is 2.13. The minimum atomic E-state index is -3.93. The molecule has 0 radical (unpaired) electrons. The quantitative estimate of drug-likeness (QED) is 0.832. The van der Waals surface area contributed by atoms with Gasteiger partial charge < -0.3 is 10.1 Å². The van der Waals surface area contributed by atoms with E-state index in [0.717, 1.165) is 12.4 Å². The number of benzene rings is 1. The van der Waals surface area contributed by atoms with Crippen molar-refractivity contribution in [1.82, 2.24) is 4.98 Å². The summed E-state index contributed by atoms with van der Waals surface area (Å²) in [6, 6.07) is 4.49. The fourth-order valence-corrected chi connectivity index (χ4v) is 2.76. The summed E-state index contributed by atoms with van der Waals surface area (Å²) in [7, 11) is -2.60. The lowest BCUT2D eigenvalue weighted by molar-refractivity contribution is 0.402. The first-order valence-electron chi connectivity index (χ1n) is 6.55. The van der Waals surface area contributed by atoms with Crippen molar-refractivity contribution in [2.75, 3.05) is 19.0 Å². The van der Waals surface area contributed by atoms with E-state index in [-0.39, 0.29) is 22.9 Å². The Bertz CT molecular complexity index is 793. The molecule has 0 unspecified atom stereocenters. The van der Waals surface area contributed by atoms with E-state index in [9.17, 15) is 17.2 Å². The third kappa shape index (κ3) is 4.14. The van der Waals surface area contributed by atoms with Gasteiger partial charge in [0.2, 0.25) is 10.0 Å². The number of halogens is 2. The van der Waals surface area contributed by atoms with Crippen LogP contribution in [0.25, 0.3) is 0 Å². The molecule has 0 saturated heterocycles. The topological polar surface area (TPSA) is 94.3 Å². The van der Waals surface area contributed by atoms with Gasteiger partial charge in [-0.1, -0.05) is 6.07 Å². The van der Waals surface area contributed by atoms with Gasteiger partial charge in [0.15, 0.2) is 11.6 Å². The highest BCUT2D eigenvalue weighted by Crippen LogP contribution is 2.24. The molecule has 9 heteroatoms. The van der Waals surface area contributed by atoms with Crippen LogP contribution >= 0.6 is 0 Å². The summed E-state index contributed by atoms with van der Waals surface area (Å²) in [5.74, 6) is -1.47. The number of nitrogens with two attached hydrogens (primary N) is 1. The molecule has 6 nitrogen and oxygen atoms in total. The Morgan fingerprint density at radius 3 is 2.48 bits per heavy atom. The van der Waals surface area contributed by atoms with E-state index >= 15 is 0 Å². The van der Waals surface area contributed by atoms with E-state index in [0.29, 0.717) is 12.0 Å². The Kier molecular flexibility index (Phi) is 5.12. The first-order valence-corrected chi connectivity index (χ1v) is 8.10. The summed E-state index contributed by atoms with van der Waals surface area (Å²) in [6.45, 7) is 0.189. The average Bonchev–Trinajstić information content (AvgIpc) is 2.49. The predicted octanol–water partition coefficient (Wildman–Crippen LogP) is 1.67. The van der Waals surface area contributed by atoms with E-state index in [4.69, 9.17) is 9.88 Å². The molecule has 0 spiro atoms. The van der Waals surface area contributed by atoms with Crippen molar-refractivity contribution >= 4 is 15.7 Å². The van der Waals surface area contributed by atoms with Gasteiger partial charge in [0.1, 0.15) is 16.3 Å². The van der Waals surface area contributed by atoms with Crippen molar-refractivity contribution in [3.63, 3.8) is 0 Å². The van der Waals surface area contributed by atoms with Gasteiger partial charge in [0.25, 0.3) is 0 Å². The van der Waals surface area contributed by atoms with Crippen LogP contribution in [0.1, 0.15) is 5.56 Å². The van der Waals surface area contributed by atoms with Gasteiger partial charge in [-0.15, -0.1) is 0 Å². The Balaban J connectivity index is 2.13. The number of nitrogens with zero attached hydrogens (tertiary/aromatic N) is 1. The van der Waals surface area contributed by atoms with E-state index in [1.54, 1.807) is 6.07 Å². The monoisotopic (exact) mass is 343 g/mol. The Labute approximate surface area is 132 Å². The van der Waals surface area contributed by atoms with Gasteiger partial charge in [-0.3, -0.25) is 4.98 Å². The van der Waals surface area contributed by atoms with Crippen molar-refractivity contribution in [2.24, 2.45) is 5.14 Å². The largest absolute Gasteiger partial charge is 0.495 e. The van der Waals surface area contributed by atoms with Crippen LogP contribution in [0.3, 0.4) is 0 Å².